The molecule has 1 aromatic carbocycles. The summed E-state index contributed by atoms with van der Waals surface area (Å²) in [5.74, 6) is 1.02. The largest absolute Gasteiger partial charge is 0.355 e. The lowest BCUT2D eigenvalue weighted by molar-refractivity contribution is -0.129. The van der Waals surface area contributed by atoms with E-state index < -0.39 is 5.41 Å². The van der Waals surface area contributed by atoms with Gasteiger partial charge >= 0.3 is 0 Å². The van der Waals surface area contributed by atoms with Crippen LogP contribution in [0.3, 0.4) is 0 Å². The van der Waals surface area contributed by atoms with E-state index in [0.717, 1.165) is 42.4 Å². The third-order valence-corrected chi connectivity index (χ3v) is 5.88. The summed E-state index contributed by atoms with van der Waals surface area (Å²) in [4.78, 5) is 12.8. The molecule has 1 amide bonds. The molecule has 25 heavy (non-hydrogen) atoms. The summed E-state index contributed by atoms with van der Waals surface area (Å²) in [6, 6.07) is 7.66. The Labute approximate surface area is 157 Å². The molecule has 5 nitrogen and oxygen atoms in total. The number of aromatic nitrogens is 3. The predicted molar refractivity (Wildman–Crippen MR) is 101 cm³/mol. The fourth-order valence-electron chi connectivity index (χ4n) is 3.38. The van der Waals surface area contributed by atoms with E-state index in [2.05, 4.69) is 27.0 Å². The van der Waals surface area contributed by atoms with Gasteiger partial charge in [0.05, 0.1) is 5.41 Å². The highest BCUT2D eigenvalue weighted by molar-refractivity contribution is 7.98. The van der Waals surface area contributed by atoms with E-state index in [9.17, 15) is 4.79 Å². The summed E-state index contributed by atoms with van der Waals surface area (Å²) >= 11 is 7.57. The van der Waals surface area contributed by atoms with Crippen molar-refractivity contribution in [2.75, 3.05) is 12.8 Å². The molecule has 1 aliphatic rings. The molecule has 0 saturated heterocycles. The van der Waals surface area contributed by atoms with Crippen molar-refractivity contribution in [2.45, 2.75) is 49.7 Å². The van der Waals surface area contributed by atoms with E-state index in [-0.39, 0.29) is 5.91 Å². The first-order chi connectivity index (χ1) is 12.1. The van der Waals surface area contributed by atoms with Crippen LogP contribution in [0.4, 0.5) is 0 Å². The molecule has 1 saturated carbocycles. The Morgan fingerprint density at radius 1 is 1.32 bits per heavy atom. The first kappa shape index (κ1) is 18.3. The van der Waals surface area contributed by atoms with E-state index in [0.29, 0.717) is 18.0 Å². The summed E-state index contributed by atoms with van der Waals surface area (Å²) in [5.41, 5.74) is 0.662. The zero-order valence-electron chi connectivity index (χ0n) is 14.6. The van der Waals surface area contributed by atoms with Gasteiger partial charge < -0.3 is 9.88 Å². The molecule has 0 unspecified atom stereocenters. The van der Waals surface area contributed by atoms with Crippen LogP contribution in [0.1, 0.15) is 37.6 Å². The number of halogens is 1. The summed E-state index contributed by atoms with van der Waals surface area (Å²) < 4.78 is 2.09. The van der Waals surface area contributed by atoms with Gasteiger partial charge in [-0.2, -0.15) is 0 Å². The number of benzene rings is 1. The fourth-order valence-corrected chi connectivity index (χ4v) is 4.08. The zero-order valence-corrected chi connectivity index (χ0v) is 16.2. The van der Waals surface area contributed by atoms with E-state index in [1.165, 1.54) is 0 Å². The minimum atomic E-state index is -0.395. The zero-order chi connectivity index (χ0) is 17.9. The normalized spacial score (nSPS) is 15.6. The maximum absolute atomic E-state index is 12.8. The van der Waals surface area contributed by atoms with Crippen LogP contribution in [0.25, 0.3) is 0 Å². The standard InChI is InChI=1S/C18H23ClN4OS/c1-3-23-15(21-22-17(23)25-2)9-12-20-16(24)18(10-4-11-18)13-5-7-14(19)8-6-13/h5-8H,3-4,9-12H2,1-2H3,(H,20,24). The number of carbonyl (C=O) groups excluding carboxylic acids is 1. The minimum absolute atomic E-state index is 0.105. The highest BCUT2D eigenvalue weighted by Gasteiger charge is 2.45. The van der Waals surface area contributed by atoms with Crippen molar-refractivity contribution < 1.29 is 4.79 Å². The Hall–Kier alpha value is -1.53. The van der Waals surface area contributed by atoms with Crippen molar-refractivity contribution in [3.05, 3.63) is 40.7 Å². The molecule has 0 aliphatic heterocycles. The molecule has 3 rings (SSSR count). The maximum Gasteiger partial charge on any atom is 0.230 e. The molecule has 0 radical (unpaired) electrons. The van der Waals surface area contributed by atoms with Gasteiger partial charge in [-0.15, -0.1) is 10.2 Å². The Bertz CT molecular complexity index is 740. The highest BCUT2D eigenvalue weighted by Crippen LogP contribution is 2.44. The summed E-state index contributed by atoms with van der Waals surface area (Å²) in [6.07, 6.45) is 5.54. The molecule has 2 aromatic rings. The number of rotatable bonds is 7. The van der Waals surface area contributed by atoms with E-state index in [4.69, 9.17) is 11.6 Å². The average Bonchev–Trinajstić information content (AvgIpc) is 2.97. The summed E-state index contributed by atoms with van der Waals surface area (Å²) in [5, 5.41) is 13.2. The second-order valence-electron chi connectivity index (χ2n) is 6.30. The van der Waals surface area contributed by atoms with Gasteiger partial charge in [-0.05, 0) is 43.7 Å². The predicted octanol–water partition coefficient (Wildman–Crippen LogP) is 3.45. The van der Waals surface area contributed by atoms with Crippen LogP contribution in [0, 0.1) is 0 Å². The maximum atomic E-state index is 12.8. The monoisotopic (exact) mass is 378 g/mol. The van der Waals surface area contributed by atoms with E-state index in [1.54, 1.807) is 11.8 Å². The van der Waals surface area contributed by atoms with Crippen molar-refractivity contribution >= 4 is 29.3 Å². The molecule has 134 valence electrons. The average molecular weight is 379 g/mol. The van der Waals surface area contributed by atoms with Gasteiger partial charge in [0.25, 0.3) is 0 Å². The summed E-state index contributed by atoms with van der Waals surface area (Å²) in [6.45, 7) is 3.48. The van der Waals surface area contributed by atoms with Gasteiger partial charge in [-0.3, -0.25) is 4.79 Å². The van der Waals surface area contributed by atoms with Crippen LogP contribution in [0.5, 0.6) is 0 Å². The number of carbonyl (C=O) groups is 1. The van der Waals surface area contributed by atoms with Gasteiger partial charge in [-0.1, -0.05) is 41.9 Å². The van der Waals surface area contributed by atoms with Gasteiger partial charge in [0.2, 0.25) is 5.91 Å². The molecule has 7 heteroatoms. The molecule has 1 heterocycles. The number of hydrogen-bond donors (Lipinski definition) is 1. The lowest BCUT2D eigenvalue weighted by Crippen LogP contribution is -2.49. The Morgan fingerprint density at radius 3 is 2.60 bits per heavy atom. The van der Waals surface area contributed by atoms with Crippen LogP contribution in [0.15, 0.2) is 29.4 Å². The minimum Gasteiger partial charge on any atom is -0.355 e. The lowest BCUT2D eigenvalue weighted by atomic mass is 9.64. The summed E-state index contributed by atoms with van der Waals surface area (Å²) in [7, 11) is 0. The molecule has 0 spiro atoms. The SMILES string of the molecule is CCn1c(CCNC(=O)C2(c3ccc(Cl)cc3)CCC2)nnc1SC. The first-order valence-corrected chi connectivity index (χ1v) is 10.2. The van der Waals surface area contributed by atoms with Crippen molar-refractivity contribution in [1.29, 1.82) is 0 Å². The highest BCUT2D eigenvalue weighted by atomic mass is 35.5. The van der Waals surface area contributed by atoms with Crippen LogP contribution in [0.2, 0.25) is 5.02 Å². The van der Waals surface area contributed by atoms with E-state index >= 15 is 0 Å². The molecule has 1 aliphatic carbocycles. The van der Waals surface area contributed by atoms with Crippen molar-refractivity contribution in [3.8, 4) is 0 Å². The van der Waals surface area contributed by atoms with Crippen molar-refractivity contribution in [2.24, 2.45) is 0 Å². The van der Waals surface area contributed by atoms with Gasteiger partial charge in [-0.25, -0.2) is 0 Å². The Balaban J connectivity index is 1.64. The number of amides is 1. The first-order valence-electron chi connectivity index (χ1n) is 8.61. The second kappa shape index (κ2) is 7.79. The molecular formula is C18H23ClN4OS. The molecule has 1 fully saturated rings. The Kier molecular flexibility index (Phi) is 5.69. The van der Waals surface area contributed by atoms with Crippen molar-refractivity contribution in [3.63, 3.8) is 0 Å². The van der Waals surface area contributed by atoms with Crippen LogP contribution >= 0.6 is 23.4 Å². The molecule has 0 bridgehead atoms. The van der Waals surface area contributed by atoms with Crippen LogP contribution in [-0.4, -0.2) is 33.5 Å². The second-order valence-corrected chi connectivity index (χ2v) is 7.51. The van der Waals surface area contributed by atoms with Crippen LogP contribution in [-0.2, 0) is 23.2 Å². The molecule has 1 aromatic heterocycles. The third kappa shape index (κ3) is 3.55. The quantitative estimate of drug-likeness (QED) is 0.749. The number of nitrogens with zero attached hydrogens (tertiary/aromatic N) is 3. The molecule has 0 atom stereocenters. The molecular weight excluding hydrogens is 356 g/mol. The third-order valence-electron chi connectivity index (χ3n) is 4.96. The van der Waals surface area contributed by atoms with Gasteiger partial charge in [0.15, 0.2) is 5.16 Å². The number of nitrogens with one attached hydrogen (secondary N) is 1. The fraction of sp³-hybridized carbons (Fsp3) is 0.500. The van der Waals surface area contributed by atoms with Crippen LogP contribution < -0.4 is 5.32 Å². The smallest absolute Gasteiger partial charge is 0.230 e. The van der Waals surface area contributed by atoms with Crippen molar-refractivity contribution in [1.82, 2.24) is 20.1 Å². The number of thioether (sulfide) groups is 1. The number of hydrogen-bond acceptors (Lipinski definition) is 4. The Morgan fingerprint density at radius 2 is 2.04 bits per heavy atom. The van der Waals surface area contributed by atoms with Gasteiger partial charge in [0, 0.05) is 24.5 Å². The van der Waals surface area contributed by atoms with Gasteiger partial charge in [0.1, 0.15) is 5.82 Å². The van der Waals surface area contributed by atoms with E-state index in [1.807, 2.05) is 30.5 Å². The topological polar surface area (TPSA) is 59.8 Å². The molecule has 1 N–H and O–H groups in total. The lowest BCUT2D eigenvalue weighted by Gasteiger charge is -2.40.